The van der Waals surface area contributed by atoms with Crippen LogP contribution in [0.25, 0.3) is 0 Å². The summed E-state index contributed by atoms with van der Waals surface area (Å²) in [5.41, 5.74) is 0. The van der Waals surface area contributed by atoms with E-state index in [2.05, 4.69) is 20.1 Å². The van der Waals surface area contributed by atoms with Crippen molar-refractivity contribution in [1.82, 2.24) is 25.0 Å². The van der Waals surface area contributed by atoms with Gasteiger partial charge in [-0.15, -0.1) is 10.2 Å². The molecule has 0 aromatic carbocycles. The third-order valence-electron chi connectivity index (χ3n) is 4.56. The molecule has 2 fully saturated rings. The van der Waals surface area contributed by atoms with Gasteiger partial charge in [-0.05, 0) is 38.6 Å². The maximum absolute atomic E-state index is 12.2. The summed E-state index contributed by atoms with van der Waals surface area (Å²) in [5, 5.41) is 12.9. The van der Waals surface area contributed by atoms with Crippen molar-refractivity contribution in [3.05, 3.63) is 5.82 Å². The molecule has 1 amide bonds. The third kappa shape index (κ3) is 3.63. The summed E-state index contributed by atoms with van der Waals surface area (Å²) in [5.74, 6) is 2.18. The normalized spacial score (nSPS) is 22.8. The Morgan fingerprint density at radius 1 is 1.27 bits per heavy atom. The first kappa shape index (κ1) is 15.8. The van der Waals surface area contributed by atoms with Crippen molar-refractivity contribution in [3.8, 4) is 0 Å². The van der Waals surface area contributed by atoms with Gasteiger partial charge in [0, 0.05) is 32.6 Å². The predicted molar refractivity (Wildman–Crippen MR) is 87.0 cm³/mol. The smallest absolute Gasteiger partial charge is 0.233 e. The maximum atomic E-state index is 12.2. The number of carbonyl (C=O) groups excluding carboxylic acids is 1. The van der Waals surface area contributed by atoms with Gasteiger partial charge in [0.1, 0.15) is 5.82 Å². The molecule has 1 aromatic rings. The molecule has 3 rings (SSSR count). The van der Waals surface area contributed by atoms with Gasteiger partial charge in [-0.2, -0.15) is 0 Å². The summed E-state index contributed by atoms with van der Waals surface area (Å²) in [6.07, 6.45) is 5.88. The van der Waals surface area contributed by atoms with E-state index in [0.29, 0.717) is 11.7 Å². The largest absolute Gasteiger partial charge is 0.342 e. The van der Waals surface area contributed by atoms with E-state index < -0.39 is 0 Å². The van der Waals surface area contributed by atoms with E-state index >= 15 is 0 Å². The lowest BCUT2D eigenvalue weighted by Gasteiger charge is -2.26. The summed E-state index contributed by atoms with van der Waals surface area (Å²) < 4.78 is 2.06. The Morgan fingerprint density at radius 2 is 2.09 bits per heavy atom. The summed E-state index contributed by atoms with van der Waals surface area (Å²) in [4.78, 5) is 14.2. The van der Waals surface area contributed by atoms with Crippen molar-refractivity contribution in [2.45, 2.75) is 43.2 Å². The van der Waals surface area contributed by atoms with Gasteiger partial charge >= 0.3 is 0 Å². The highest BCUT2D eigenvalue weighted by molar-refractivity contribution is 7.99. The number of thioether (sulfide) groups is 1. The molecule has 1 unspecified atom stereocenters. The lowest BCUT2D eigenvalue weighted by molar-refractivity contribution is -0.129. The van der Waals surface area contributed by atoms with Gasteiger partial charge in [-0.3, -0.25) is 4.79 Å². The number of aromatic nitrogens is 3. The first-order valence-corrected chi connectivity index (χ1v) is 9.25. The average molecular weight is 323 g/mol. The fraction of sp³-hybridized carbons (Fsp3) is 0.800. The number of amides is 1. The van der Waals surface area contributed by atoms with Gasteiger partial charge in [0.05, 0.1) is 5.75 Å². The number of rotatable bonds is 4. The van der Waals surface area contributed by atoms with E-state index in [-0.39, 0.29) is 5.91 Å². The van der Waals surface area contributed by atoms with E-state index in [1.54, 1.807) is 0 Å². The molecule has 7 heteroatoms. The highest BCUT2D eigenvalue weighted by Crippen LogP contribution is 2.25. The van der Waals surface area contributed by atoms with Crippen molar-refractivity contribution in [2.24, 2.45) is 7.05 Å². The topological polar surface area (TPSA) is 63.1 Å². The quantitative estimate of drug-likeness (QED) is 0.848. The van der Waals surface area contributed by atoms with Crippen molar-refractivity contribution in [2.75, 3.05) is 31.9 Å². The number of hydrogen-bond donors (Lipinski definition) is 1. The van der Waals surface area contributed by atoms with Crippen LogP contribution >= 0.6 is 11.8 Å². The molecule has 0 saturated carbocycles. The summed E-state index contributed by atoms with van der Waals surface area (Å²) in [6.45, 7) is 3.90. The van der Waals surface area contributed by atoms with Crippen LogP contribution in [0.15, 0.2) is 5.16 Å². The lowest BCUT2D eigenvalue weighted by atomic mass is 9.99. The zero-order valence-electron chi connectivity index (χ0n) is 13.3. The molecule has 0 bridgehead atoms. The number of nitrogens with zero attached hydrogens (tertiary/aromatic N) is 4. The van der Waals surface area contributed by atoms with Gasteiger partial charge in [0.2, 0.25) is 5.91 Å². The summed E-state index contributed by atoms with van der Waals surface area (Å²) in [6, 6.07) is 0. The second kappa shape index (κ2) is 7.46. The minimum absolute atomic E-state index is 0.230. The Hall–Kier alpha value is -1.08. The zero-order chi connectivity index (χ0) is 15.4. The van der Waals surface area contributed by atoms with Gasteiger partial charge in [-0.25, -0.2) is 0 Å². The predicted octanol–water partition coefficient (Wildman–Crippen LogP) is 1.39. The summed E-state index contributed by atoms with van der Waals surface area (Å²) >= 11 is 1.51. The summed E-state index contributed by atoms with van der Waals surface area (Å²) in [7, 11) is 2.01. The second-order valence-electron chi connectivity index (χ2n) is 6.17. The Bertz CT molecular complexity index is 506. The average Bonchev–Trinajstić information content (AvgIpc) is 2.95. The molecule has 2 aliphatic heterocycles. The zero-order valence-corrected chi connectivity index (χ0v) is 14.1. The highest BCUT2D eigenvalue weighted by atomic mass is 32.2. The maximum Gasteiger partial charge on any atom is 0.233 e. The number of piperidine rings is 2. The molecule has 1 N–H and O–H groups in total. The molecular weight excluding hydrogens is 298 g/mol. The van der Waals surface area contributed by atoms with Gasteiger partial charge < -0.3 is 14.8 Å². The highest BCUT2D eigenvalue weighted by Gasteiger charge is 2.23. The Balaban J connectivity index is 1.56. The standard InChI is InChI=1S/C15H25N5OS/c1-19-14(12-6-5-7-16-10-12)17-18-15(19)22-11-13(21)20-8-3-2-4-9-20/h12,16H,2-11H2,1H3. The Kier molecular flexibility index (Phi) is 5.36. The van der Waals surface area contributed by atoms with Crippen molar-refractivity contribution in [3.63, 3.8) is 0 Å². The van der Waals surface area contributed by atoms with Gasteiger partial charge in [0.15, 0.2) is 5.16 Å². The Morgan fingerprint density at radius 3 is 2.82 bits per heavy atom. The molecule has 0 spiro atoms. The van der Waals surface area contributed by atoms with Crippen molar-refractivity contribution >= 4 is 17.7 Å². The van der Waals surface area contributed by atoms with E-state index in [9.17, 15) is 4.79 Å². The molecule has 3 heterocycles. The van der Waals surface area contributed by atoms with Crippen LogP contribution in [0.5, 0.6) is 0 Å². The van der Waals surface area contributed by atoms with Crippen molar-refractivity contribution in [1.29, 1.82) is 0 Å². The minimum Gasteiger partial charge on any atom is -0.342 e. The van der Waals surface area contributed by atoms with Crippen LogP contribution in [0.4, 0.5) is 0 Å². The Labute approximate surface area is 136 Å². The molecule has 1 aromatic heterocycles. The number of likely N-dealkylation sites (tertiary alicyclic amines) is 1. The minimum atomic E-state index is 0.230. The van der Waals surface area contributed by atoms with E-state index in [4.69, 9.17) is 0 Å². The SMILES string of the molecule is Cn1c(SCC(=O)N2CCCCC2)nnc1C1CCCNC1. The first-order chi connectivity index (χ1) is 10.8. The number of hydrogen-bond acceptors (Lipinski definition) is 5. The molecular formula is C15H25N5OS. The molecule has 0 radical (unpaired) electrons. The molecule has 2 saturated heterocycles. The fourth-order valence-corrected chi connectivity index (χ4v) is 4.06. The lowest BCUT2D eigenvalue weighted by Crippen LogP contribution is -2.36. The second-order valence-corrected chi connectivity index (χ2v) is 7.12. The monoisotopic (exact) mass is 323 g/mol. The fourth-order valence-electron chi connectivity index (χ4n) is 3.24. The van der Waals surface area contributed by atoms with Crippen LogP contribution in [0.3, 0.4) is 0 Å². The van der Waals surface area contributed by atoms with Crippen LogP contribution in [-0.4, -0.2) is 57.5 Å². The number of nitrogens with one attached hydrogen (secondary N) is 1. The molecule has 6 nitrogen and oxygen atoms in total. The van der Waals surface area contributed by atoms with E-state index in [0.717, 1.165) is 56.4 Å². The van der Waals surface area contributed by atoms with Crippen LogP contribution in [0, 0.1) is 0 Å². The van der Waals surface area contributed by atoms with Gasteiger partial charge in [-0.1, -0.05) is 11.8 Å². The van der Waals surface area contributed by atoms with Crippen molar-refractivity contribution < 1.29 is 4.79 Å². The van der Waals surface area contributed by atoms with Gasteiger partial charge in [0.25, 0.3) is 0 Å². The van der Waals surface area contributed by atoms with Crippen LogP contribution in [-0.2, 0) is 11.8 Å². The van der Waals surface area contributed by atoms with Crippen LogP contribution < -0.4 is 5.32 Å². The van der Waals surface area contributed by atoms with Crippen LogP contribution in [0.1, 0.15) is 43.8 Å². The molecule has 22 heavy (non-hydrogen) atoms. The molecule has 0 aliphatic carbocycles. The number of carbonyl (C=O) groups is 1. The van der Waals surface area contributed by atoms with Crippen LogP contribution in [0.2, 0.25) is 0 Å². The molecule has 122 valence electrons. The third-order valence-corrected chi connectivity index (χ3v) is 5.57. The molecule has 1 atom stereocenters. The van der Waals surface area contributed by atoms with E-state index in [1.165, 1.54) is 24.6 Å². The van der Waals surface area contributed by atoms with E-state index in [1.807, 2.05) is 11.9 Å². The first-order valence-electron chi connectivity index (χ1n) is 8.26. The molecule has 2 aliphatic rings.